The van der Waals surface area contributed by atoms with Crippen LogP contribution in [0.25, 0.3) is 10.9 Å². The van der Waals surface area contributed by atoms with Gasteiger partial charge < -0.3 is 5.43 Å². The number of halogens is 1. The highest BCUT2D eigenvalue weighted by atomic mass is 35.5. The summed E-state index contributed by atoms with van der Waals surface area (Å²) in [4.78, 5) is 4.73. The molecule has 1 heterocycles. The van der Waals surface area contributed by atoms with Crippen molar-refractivity contribution >= 4 is 28.2 Å². The fraction of sp³-hybridized carbons (Fsp3) is 0.308. The second-order valence-electron chi connectivity index (χ2n) is 4.58. The maximum Gasteiger partial charge on any atom is 0.0770 e. The maximum absolute atomic E-state index is 6.14. The molecule has 0 radical (unpaired) electrons. The number of nitrogens with one attached hydrogen (secondary N) is 1. The number of nitrogens with two attached hydrogens (primary N) is 1. The predicted octanol–water partition coefficient (Wildman–Crippen LogP) is 3.36. The highest BCUT2D eigenvalue weighted by Crippen LogP contribution is 2.41. The standard InChI is InChI=1S/C13H14ClN3/c1-7-10(14)5-4-9-12(17-15)6-11(8-2-3-8)16-13(7)9/h4-6,8H,2-3,15H2,1H3,(H,16,17). The molecule has 0 saturated heterocycles. The van der Waals surface area contributed by atoms with Crippen molar-refractivity contribution in [3.05, 3.63) is 34.5 Å². The largest absolute Gasteiger partial charge is 0.323 e. The number of hydrogen-bond acceptors (Lipinski definition) is 3. The topological polar surface area (TPSA) is 50.9 Å². The SMILES string of the molecule is Cc1c(Cl)ccc2c(NN)cc(C3CC3)nc12. The molecule has 0 spiro atoms. The van der Waals surface area contributed by atoms with Gasteiger partial charge in [-0.2, -0.15) is 0 Å². The molecule has 0 amide bonds. The summed E-state index contributed by atoms with van der Waals surface area (Å²) in [6.45, 7) is 1.99. The Balaban J connectivity index is 2.32. The van der Waals surface area contributed by atoms with Crippen LogP contribution < -0.4 is 11.3 Å². The molecule has 1 fully saturated rings. The lowest BCUT2D eigenvalue weighted by Crippen LogP contribution is -2.08. The zero-order valence-electron chi connectivity index (χ0n) is 9.63. The van der Waals surface area contributed by atoms with Crippen LogP contribution in [-0.4, -0.2) is 4.98 Å². The van der Waals surface area contributed by atoms with Gasteiger partial charge in [-0.25, -0.2) is 0 Å². The third-order valence-corrected chi connectivity index (χ3v) is 3.75. The predicted molar refractivity (Wildman–Crippen MR) is 71.3 cm³/mol. The molecule has 1 aliphatic rings. The number of hydrogen-bond donors (Lipinski definition) is 2. The van der Waals surface area contributed by atoms with Gasteiger partial charge in [0.1, 0.15) is 0 Å². The summed E-state index contributed by atoms with van der Waals surface area (Å²) in [6, 6.07) is 5.90. The number of nitrogens with zero attached hydrogens (tertiary/aromatic N) is 1. The molecule has 3 N–H and O–H groups in total. The molecule has 3 rings (SSSR count). The summed E-state index contributed by atoms with van der Waals surface area (Å²) in [5.41, 5.74) is 6.78. The van der Waals surface area contributed by atoms with E-state index in [4.69, 9.17) is 22.4 Å². The van der Waals surface area contributed by atoms with Gasteiger partial charge in [0.25, 0.3) is 0 Å². The molecule has 3 nitrogen and oxygen atoms in total. The maximum atomic E-state index is 6.14. The molecule has 0 atom stereocenters. The highest BCUT2D eigenvalue weighted by Gasteiger charge is 2.26. The number of fused-ring (bicyclic) bond motifs is 1. The number of aryl methyl sites for hydroxylation is 1. The highest BCUT2D eigenvalue weighted by molar-refractivity contribution is 6.32. The number of aromatic nitrogens is 1. The number of benzene rings is 1. The molecule has 1 aliphatic carbocycles. The molecule has 1 saturated carbocycles. The fourth-order valence-corrected chi connectivity index (χ4v) is 2.28. The van der Waals surface area contributed by atoms with E-state index in [9.17, 15) is 0 Å². The second-order valence-corrected chi connectivity index (χ2v) is 4.99. The van der Waals surface area contributed by atoms with Crippen molar-refractivity contribution in [3.8, 4) is 0 Å². The number of anilines is 1. The van der Waals surface area contributed by atoms with Crippen molar-refractivity contribution in [3.63, 3.8) is 0 Å². The average Bonchev–Trinajstić information content (AvgIpc) is 3.17. The van der Waals surface area contributed by atoms with Crippen LogP contribution >= 0.6 is 11.6 Å². The second kappa shape index (κ2) is 3.86. The Kier molecular flexibility index (Phi) is 2.45. The molecular formula is C13H14ClN3. The molecule has 17 heavy (non-hydrogen) atoms. The van der Waals surface area contributed by atoms with Gasteiger partial charge in [-0.05, 0) is 43.5 Å². The molecular weight excluding hydrogens is 234 g/mol. The molecule has 1 aromatic heterocycles. The van der Waals surface area contributed by atoms with E-state index in [1.54, 1.807) is 0 Å². The molecule has 2 aromatic rings. The van der Waals surface area contributed by atoms with E-state index in [2.05, 4.69) is 5.43 Å². The molecule has 0 bridgehead atoms. The fourth-order valence-electron chi connectivity index (χ4n) is 2.13. The zero-order chi connectivity index (χ0) is 12.0. The minimum atomic E-state index is 0.602. The van der Waals surface area contributed by atoms with Crippen LogP contribution in [0.3, 0.4) is 0 Å². The number of nitrogen functional groups attached to an aromatic ring is 1. The first kappa shape index (κ1) is 10.8. The van der Waals surface area contributed by atoms with Crippen molar-refractivity contribution < 1.29 is 0 Å². The monoisotopic (exact) mass is 247 g/mol. The summed E-state index contributed by atoms with van der Waals surface area (Å²) in [7, 11) is 0. The van der Waals surface area contributed by atoms with E-state index in [-0.39, 0.29) is 0 Å². The van der Waals surface area contributed by atoms with Crippen LogP contribution in [0.2, 0.25) is 5.02 Å². The van der Waals surface area contributed by atoms with E-state index in [0.29, 0.717) is 5.92 Å². The Labute approximate surface area is 105 Å². The van der Waals surface area contributed by atoms with E-state index in [1.165, 1.54) is 12.8 Å². The van der Waals surface area contributed by atoms with Crippen LogP contribution in [0, 0.1) is 6.92 Å². The summed E-state index contributed by atoms with van der Waals surface area (Å²) < 4.78 is 0. The van der Waals surface area contributed by atoms with Crippen LogP contribution in [0.5, 0.6) is 0 Å². The summed E-state index contributed by atoms with van der Waals surface area (Å²) in [6.07, 6.45) is 2.45. The third-order valence-electron chi connectivity index (χ3n) is 3.34. The third kappa shape index (κ3) is 1.75. The van der Waals surface area contributed by atoms with Gasteiger partial charge in [-0.1, -0.05) is 11.6 Å². The van der Waals surface area contributed by atoms with E-state index in [1.807, 2.05) is 25.1 Å². The Morgan fingerprint density at radius 2 is 2.18 bits per heavy atom. The molecule has 88 valence electrons. The lowest BCUT2D eigenvalue weighted by atomic mass is 10.1. The lowest BCUT2D eigenvalue weighted by molar-refractivity contribution is 1.04. The van der Waals surface area contributed by atoms with E-state index < -0.39 is 0 Å². The van der Waals surface area contributed by atoms with Crippen LogP contribution in [0.15, 0.2) is 18.2 Å². The average molecular weight is 248 g/mol. The summed E-state index contributed by atoms with van der Waals surface area (Å²) >= 11 is 6.14. The lowest BCUT2D eigenvalue weighted by Gasteiger charge is -2.11. The van der Waals surface area contributed by atoms with Gasteiger partial charge >= 0.3 is 0 Å². The van der Waals surface area contributed by atoms with Crippen molar-refractivity contribution in [1.29, 1.82) is 0 Å². The molecule has 0 aliphatic heterocycles. The van der Waals surface area contributed by atoms with E-state index >= 15 is 0 Å². The normalized spacial score (nSPS) is 15.2. The van der Waals surface area contributed by atoms with Crippen molar-refractivity contribution in [1.82, 2.24) is 4.98 Å². The Bertz CT molecular complexity index is 591. The summed E-state index contributed by atoms with van der Waals surface area (Å²) in [5.74, 6) is 6.18. The van der Waals surface area contributed by atoms with Gasteiger partial charge in [-0.3, -0.25) is 10.8 Å². The number of pyridine rings is 1. The first-order chi connectivity index (χ1) is 8.20. The van der Waals surface area contributed by atoms with E-state index in [0.717, 1.165) is 32.9 Å². The van der Waals surface area contributed by atoms with Crippen LogP contribution in [0.1, 0.15) is 30.0 Å². The Hall–Kier alpha value is -1.32. The summed E-state index contributed by atoms with van der Waals surface area (Å²) in [5, 5.41) is 1.78. The van der Waals surface area contributed by atoms with Crippen molar-refractivity contribution in [2.45, 2.75) is 25.7 Å². The molecule has 4 heteroatoms. The minimum Gasteiger partial charge on any atom is -0.323 e. The zero-order valence-corrected chi connectivity index (χ0v) is 10.4. The van der Waals surface area contributed by atoms with Gasteiger partial charge in [-0.15, -0.1) is 0 Å². The van der Waals surface area contributed by atoms with Crippen LogP contribution in [0.4, 0.5) is 5.69 Å². The van der Waals surface area contributed by atoms with Gasteiger partial charge in [0.15, 0.2) is 0 Å². The Morgan fingerprint density at radius 3 is 2.82 bits per heavy atom. The molecule has 1 aromatic carbocycles. The first-order valence-electron chi connectivity index (χ1n) is 5.77. The number of rotatable bonds is 2. The van der Waals surface area contributed by atoms with Crippen molar-refractivity contribution in [2.24, 2.45) is 5.84 Å². The van der Waals surface area contributed by atoms with Gasteiger partial charge in [0, 0.05) is 22.0 Å². The van der Waals surface area contributed by atoms with Gasteiger partial charge in [0.05, 0.1) is 11.2 Å². The van der Waals surface area contributed by atoms with Gasteiger partial charge in [0.2, 0.25) is 0 Å². The van der Waals surface area contributed by atoms with Crippen LogP contribution in [-0.2, 0) is 0 Å². The minimum absolute atomic E-state index is 0.602. The Morgan fingerprint density at radius 1 is 1.41 bits per heavy atom. The molecule has 0 unspecified atom stereocenters. The quantitative estimate of drug-likeness (QED) is 0.632. The smallest absolute Gasteiger partial charge is 0.0770 e. The van der Waals surface area contributed by atoms with Crippen molar-refractivity contribution in [2.75, 3.05) is 5.43 Å². The first-order valence-corrected chi connectivity index (χ1v) is 6.15. The number of hydrazine groups is 1.